The van der Waals surface area contributed by atoms with Crippen molar-refractivity contribution < 1.29 is 27.8 Å². The molecule has 24 heavy (non-hydrogen) atoms. The monoisotopic (exact) mass is 350 g/mol. The van der Waals surface area contributed by atoms with Crippen molar-refractivity contribution in [3.05, 3.63) is 0 Å². The van der Waals surface area contributed by atoms with Crippen molar-refractivity contribution >= 4 is 12.2 Å². The number of hydrogen-bond donors (Lipinski definition) is 2. The van der Waals surface area contributed by atoms with E-state index in [2.05, 4.69) is 10.6 Å². The number of nitrogens with one attached hydrogen (secondary N) is 2. The van der Waals surface area contributed by atoms with Crippen molar-refractivity contribution in [3.63, 3.8) is 0 Å². The standard InChI is InChI=1S/C16H28F2N2O4/c1-5-6-7-23-13(21)19-11-8-12(10-16(17,18)9-11)20-14(22)24-15(2,3)4/h11-12H,5-10H2,1-4H3,(H,19,21)(H,20,22)/t11-,12+/m0/s1. The highest BCUT2D eigenvalue weighted by atomic mass is 19.3. The van der Waals surface area contributed by atoms with Crippen LogP contribution in [0, 0.1) is 0 Å². The first kappa shape index (κ1) is 20.4. The van der Waals surface area contributed by atoms with Gasteiger partial charge in [-0.3, -0.25) is 0 Å². The van der Waals surface area contributed by atoms with E-state index < -0.39 is 48.6 Å². The lowest BCUT2D eigenvalue weighted by atomic mass is 9.88. The minimum atomic E-state index is -2.97. The fourth-order valence-electron chi connectivity index (χ4n) is 2.53. The maximum Gasteiger partial charge on any atom is 0.407 e. The minimum Gasteiger partial charge on any atom is -0.450 e. The Morgan fingerprint density at radius 2 is 1.67 bits per heavy atom. The van der Waals surface area contributed by atoms with Crippen molar-refractivity contribution in [2.45, 2.75) is 83.4 Å². The van der Waals surface area contributed by atoms with E-state index in [1.54, 1.807) is 20.8 Å². The van der Waals surface area contributed by atoms with Crippen LogP contribution < -0.4 is 10.6 Å². The lowest BCUT2D eigenvalue weighted by Gasteiger charge is -2.35. The molecule has 2 atom stereocenters. The molecule has 0 aromatic carbocycles. The summed E-state index contributed by atoms with van der Waals surface area (Å²) in [4.78, 5) is 23.4. The first-order valence-electron chi connectivity index (χ1n) is 8.31. The number of carbonyl (C=O) groups is 2. The van der Waals surface area contributed by atoms with Crippen molar-refractivity contribution in [1.82, 2.24) is 10.6 Å². The van der Waals surface area contributed by atoms with E-state index in [4.69, 9.17) is 9.47 Å². The normalized spacial score (nSPS) is 23.2. The van der Waals surface area contributed by atoms with Crippen LogP contribution in [0.2, 0.25) is 0 Å². The number of alkyl halides is 2. The molecule has 1 saturated carbocycles. The maximum absolute atomic E-state index is 13.9. The molecule has 0 radical (unpaired) electrons. The highest BCUT2D eigenvalue weighted by Gasteiger charge is 2.42. The summed E-state index contributed by atoms with van der Waals surface area (Å²) in [5.41, 5.74) is -0.706. The van der Waals surface area contributed by atoms with Gasteiger partial charge in [-0.25, -0.2) is 18.4 Å². The first-order chi connectivity index (χ1) is 11.0. The maximum atomic E-state index is 13.9. The van der Waals surface area contributed by atoms with Crippen LogP contribution in [0.4, 0.5) is 18.4 Å². The number of carbonyl (C=O) groups excluding carboxylic acids is 2. The van der Waals surface area contributed by atoms with Gasteiger partial charge in [0, 0.05) is 24.9 Å². The van der Waals surface area contributed by atoms with Gasteiger partial charge in [0.15, 0.2) is 0 Å². The fourth-order valence-corrected chi connectivity index (χ4v) is 2.53. The van der Waals surface area contributed by atoms with Gasteiger partial charge in [0.05, 0.1) is 6.61 Å². The van der Waals surface area contributed by atoms with Gasteiger partial charge in [0.1, 0.15) is 5.60 Å². The van der Waals surface area contributed by atoms with Crippen LogP contribution in [-0.4, -0.2) is 42.4 Å². The number of ether oxygens (including phenoxy) is 2. The van der Waals surface area contributed by atoms with Gasteiger partial charge in [-0.05, 0) is 33.6 Å². The molecule has 1 rings (SSSR count). The number of hydrogen-bond acceptors (Lipinski definition) is 4. The third kappa shape index (κ3) is 8.31. The quantitative estimate of drug-likeness (QED) is 0.743. The van der Waals surface area contributed by atoms with E-state index in [9.17, 15) is 18.4 Å². The molecule has 6 nitrogen and oxygen atoms in total. The topological polar surface area (TPSA) is 76.7 Å². The lowest BCUT2D eigenvalue weighted by Crippen LogP contribution is -2.52. The van der Waals surface area contributed by atoms with Gasteiger partial charge < -0.3 is 20.1 Å². The summed E-state index contributed by atoms with van der Waals surface area (Å²) < 4.78 is 37.7. The summed E-state index contributed by atoms with van der Waals surface area (Å²) in [5, 5.41) is 4.90. The number of halogens is 2. The number of rotatable bonds is 5. The van der Waals surface area contributed by atoms with Crippen LogP contribution in [0.25, 0.3) is 0 Å². The Labute approximate surface area is 141 Å². The van der Waals surface area contributed by atoms with Gasteiger partial charge in [-0.15, -0.1) is 0 Å². The van der Waals surface area contributed by atoms with E-state index in [1.165, 1.54) is 0 Å². The van der Waals surface area contributed by atoms with Crippen LogP contribution in [-0.2, 0) is 9.47 Å². The van der Waals surface area contributed by atoms with E-state index in [-0.39, 0.29) is 13.0 Å². The molecule has 2 amide bonds. The Morgan fingerprint density at radius 1 is 1.12 bits per heavy atom. The largest absolute Gasteiger partial charge is 0.450 e. The third-order valence-corrected chi connectivity index (χ3v) is 3.43. The zero-order chi connectivity index (χ0) is 18.4. The fraction of sp³-hybridized carbons (Fsp3) is 0.875. The number of amides is 2. The summed E-state index contributed by atoms with van der Waals surface area (Å²) in [5.74, 6) is -2.97. The highest BCUT2D eigenvalue weighted by Crippen LogP contribution is 2.33. The highest BCUT2D eigenvalue weighted by molar-refractivity contribution is 5.68. The van der Waals surface area contributed by atoms with Crippen LogP contribution in [0.5, 0.6) is 0 Å². The Kier molecular flexibility index (Phi) is 7.23. The molecular formula is C16H28F2N2O4. The number of unbranched alkanes of at least 4 members (excludes halogenated alkanes) is 1. The Bertz CT molecular complexity index is 438. The molecule has 2 N–H and O–H groups in total. The van der Waals surface area contributed by atoms with Crippen LogP contribution in [0.3, 0.4) is 0 Å². The zero-order valence-electron chi connectivity index (χ0n) is 14.8. The molecule has 140 valence electrons. The molecule has 8 heteroatoms. The van der Waals surface area contributed by atoms with E-state index in [0.717, 1.165) is 12.8 Å². The summed E-state index contributed by atoms with van der Waals surface area (Å²) in [6, 6.07) is -1.53. The molecule has 0 saturated heterocycles. The van der Waals surface area contributed by atoms with E-state index in [0.29, 0.717) is 0 Å². The van der Waals surface area contributed by atoms with Gasteiger partial charge in [0.2, 0.25) is 0 Å². The van der Waals surface area contributed by atoms with Gasteiger partial charge in [-0.2, -0.15) is 0 Å². The summed E-state index contributed by atoms with van der Waals surface area (Å²) in [6.07, 6.45) is -0.597. The average molecular weight is 350 g/mol. The molecule has 0 aromatic heterocycles. The molecular weight excluding hydrogens is 322 g/mol. The SMILES string of the molecule is CCCCOC(=O)N[C@H]1C[C@@H](NC(=O)OC(C)(C)C)CC(F)(F)C1. The van der Waals surface area contributed by atoms with Crippen LogP contribution in [0.1, 0.15) is 59.8 Å². The predicted molar refractivity (Wildman–Crippen MR) is 85.1 cm³/mol. The lowest BCUT2D eigenvalue weighted by molar-refractivity contribution is -0.0544. The average Bonchev–Trinajstić information content (AvgIpc) is 2.34. The molecule has 1 aliphatic carbocycles. The van der Waals surface area contributed by atoms with Gasteiger partial charge in [0.25, 0.3) is 5.92 Å². The van der Waals surface area contributed by atoms with Crippen molar-refractivity contribution in [3.8, 4) is 0 Å². The van der Waals surface area contributed by atoms with E-state index in [1.807, 2.05) is 6.92 Å². The Morgan fingerprint density at radius 3 is 2.17 bits per heavy atom. The summed E-state index contributed by atoms with van der Waals surface area (Å²) >= 11 is 0. The molecule has 1 fully saturated rings. The summed E-state index contributed by atoms with van der Waals surface area (Å²) in [7, 11) is 0. The minimum absolute atomic E-state index is 0.206. The first-order valence-corrected chi connectivity index (χ1v) is 8.31. The van der Waals surface area contributed by atoms with Crippen LogP contribution >= 0.6 is 0 Å². The second-order valence-electron chi connectivity index (χ2n) is 7.17. The molecule has 0 unspecified atom stereocenters. The van der Waals surface area contributed by atoms with Gasteiger partial charge >= 0.3 is 12.2 Å². The number of alkyl carbamates (subject to hydrolysis) is 2. The second kappa shape index (κ2) is 8.48. The van der Waals surface area contributed by atoms with E-state index >= 15 is 0 Å². The smallest absolute Gasteiger partial charge is 0.407 e. The third-order valence-electron chi connectivity index (χ3n) is 3.43. The molecule has 0 bridgehead atoms. The summed E-state index contributed by atoms with van der Waals surface area (Å²) in [6.45, 7) is 7.29. The zero-order valence-corrected chi connectivity index (χ0v) is 14.8. The Balaban J connectivity index is 2.54. The van der Waals surface area contributed by atoms with Crippen molar-refractivity contribution in [1.29, 1.82) is 0 Å². The molecule has 0 spiro atoms. The van der Waals surface area contributed by atoms with Crippen molar-refractivity contribution in [2.24, 2.45) is 0 Å². The molecule has 0 aliphatic heterocycles. The predicted octanol–water partition coefficient (Wildman–Crippen LogP) is 3.59. The molecule has 1 aliphatic rings. The molecule has 0 aromatic rings. The second-order valence-corrected chi connectivity index (χ2v) is 7.17. The Hall–Kier alpha value is -1.60. The van der Waals surface area contributed by atoms with Gasteiger partial charge in [-0.1, -0.05) is 13.3 Å². The van der Waals surface area contributed by atoms with Crippen LogP contribution in [0.15, 0.2) is 0 Å². The van der Waals surface area contributed by atoms with Crippen molar-refractivity contribution in [2.75, 3.05) is 6.61 Å². The molecule has 0 heterocycles.